The zero-order valence-corrected chi connectivity index (χ0v) is 12.8. The van der Waals surface area contributed by atoms with Crippen LogP contribution in [0.5, 0.6) is 17.2 Å². The third kappa shape index (κ3) is 3.68. The summed E-state index contributed by atoms with van der Waals surface area (Å²) in [5.74, 6) is 1.43. The van der Waals surface area contributed by atoms with Gasteiger partial charge >= 0.3 is 0 Å². The highest BCUT2D eigenvalue weighted by molar-refractivity contribution is 5.78. The average molecular weight is 294 g/mol. The first-order chi connectivity index (χ1) is 10.2. The molecule has 1 aromatic rings. The summed E-state index contributed by atoms with van der Waals surface area (Å²) in [4.78, 5) is 0. The molecule has 1 aliphatic rings. The van der Waals surface area contributed by atoms with Crippen LogP contribution in [-0.4, -0.2) is 45.8 Å². The topological polar surface area (TPSA) is 57.2 Å². The molecule has 1 N–H and O–H groups in total. The first kappa shape index (κ1) is 15.7. The van der Waals surface area contributed by atoms with Crippen LogP contribution in [0.15, 0.2) is 17.7 Å². The molecule has 0 bridgehead atoms. The van der Waals surface area contributed by atoms with Crippen molar-refractivity contribution in [2.24, 2.45) is 0 Å². The minimum absolute atomic E-state index is 0.143. The van der Waals surface area contributed by atoms with Crippen LogP contribution in [0.25, 0.3) is 5.57 Å². The Hall–Kier alpha value is -1.72. The molecule has 21 heavy (non-hydrogen) atoms. The Labute approximate surface area is 125 Å². The van der Waals surface area contributed by atoms with Gasteiger partial charge in [-0.2, -0.15) is 0 Å². The predicted molar refractivity (Wildman–Crippen MR) is 80.1 cm³/mol. The summed E-state index contributed by atoms with van der Waals surface area (Å²) in [5.41, 5.74) is 3.22. The van der Waals surface area contributed by atoms with Crippen LogP contribution in [0, 0.1) is 0 Å². The number of allylic oxidation sites excluding steroid dienone is 1. The number of ether oxygens (including phenoxy) is 4. The zero-order chi connectivity index (χ0) is 15.2. The summed E-state index contributed by atoms with van der Waals surface area (Å²) in [6.07, 6.45) is 0.805. The maximum atomic E-state index is 9.67. The van der Waals surface area contributed by atoms with Crippen molar-refractivity contribution >= 4 is 5.57 Å². The van der Waals surface area contributed by atoms with Gasteiger partial charge in [0.25, 0.3) is 0 Å². The molecule has 0 saturated carbocycles. The van der Waals surface area contributed by atoms with Gasteiger partial charge < -0.3 is 24.1 Å². The van der Waals surface area contributed by atoms with Crippen LogP contribution in [0.4, 0.5) is 0 Å². The van der Waals surface area contributed by atoms with Crippen LogP contribution in [0.3, 0.4) is 0 Å². The first-order valence-corrected chi connectivity index (χ1v) is 6.96. The Bertz CT molecular complexity index is 522. The van der Waals surface area contributed by atoms with E-state index in [2.05, 4.69) is 0 Å². The van der Waals surface area contributed by atoms with Gasteiger partial charge in [-0.25, -0.2) is 0 Å². The number of aromatic hydroxyl groups is 1. The van der Waals surface area contributed by atoms with E-state index in [-0.39, 0.29) is 5.75 Å². The minimum atomic E-state index is 0.143. The largest absolute Gasteiger partial charge is 0.508 e. The molecule has 1 aromatic carbocycles. The van der Waals surface area contributed by atoms with Crippen LogP contribution in [0.2, 0.25) is 0 Å². The molecule has 116 valence electrons. The van der Waals surface area contributed by atoms with Gasteiger partial charge in [0.2, 0.25) is 0 Å². The van der Waals surface area contributed by atoms with Crippen LogP contribution in [0.1, 0.15) is 18.9 Å². The summed E-state index contributed by atoms with van der Waals surface area (Å²) >= 11 is 0. The van der Waals surface area contributed by atoms with Gasteiger partial charge in [0.1, 0.15) is 23.9 Å². The monoisotopic (exact) mass is 294 g/mol. The Morgan fingerprint density at radius 2 is 2.00 bits per heavy atom. The fourth-order valence-electron chi connectivity index (χ4n) is 2.37. The molecule has 0 spiro atoms. The zero-order valence-electron chi connectivity index (χ0n) is 12.8. The number of fused-ring (bicyclic) bond motifs is 1. The first-order valence-electron chi connectivity index (χ1n) is 6.96. The van der Waals surface area contributed by atoms with Gasteiger partial charge in [-0.3, -0.25) is 0 Å². The van der Waals surface area contributed by atoms with Gasteiger partial charge in [-0.05, 0) is 24.5 Å². The molecule has 0 fully saturated rings. The van der Waals surface area contributed by atoms with E-state index in [1.165, 1.54) is 5.57 Å². The van der Waals surface area contributed by atoms with Crippen LogP contribution in [-0.2, 0) is 9.47 Å². The number of phenols is 1. The van der Waals surface area contributed by atoms with E-state index in [0.717, 1.165) is 17.6 Å². The van der Waals surface area contributed by atoms with E-state index < -0.39 is 0 Å². The Balaban J connectivity index is 2.12. The fraction of sp³-hybridized carbons (Fsp3) is 0.500. The fourth-order valence-corrected chi connectivity index (χ4v) is 2.37. The molecule has 2 rings (SSSR count). The molecule has 0 aliphatic carbocycles. The van der Waals surface area contributed by atoms with Crippen molar-refractivity contribution in [1.82, 2.24) is 0 Å². The van der Waals surface area contributed by atoms with Crippen molar-refractivity contribution in [2.75, 3.05) is 40.6 Å². The normalized spacial score (nSPS) is 13.9. The maximum Gasteiger partial charge on any atom is 0.134 e. The van der Waals surface area contributed by atoms with E-state index in [1.807, 2.05) is 6.92 Å². The van der Waals surface area contributed by atoms with Gasteiger partial charge in [0, 0.05) is 19.2 Å². The summed E-state index contributed by atoms with van der Waals surface area (Å²) in [6.45, 7) is 4.39. The van der Waals surface area contributed by atoms with Crippen LogP contribution >= 0.6 is 0 Å². The maximum absolute atomic E-state index is 9.67. The highest BCUT2D eigenvalue weighted by atomic mass is 16.5. The average Bonchev–Trinajstić information content (AvgIpc) is 2.48. The van der Waals surface area contributed by atoms with Crippen molar-refractivity contribution in [3.63, 3.8) is 0 Å². The molecule has 5 nitrogen and oxygen atoms in total. The Morgan fingerprint density at radius 3 is 2.71 bits per heavy atom. The molecule has 0 amide bonds. The smallest absolute Gasteiger partial charge is 0.134 e. The van der Waals surface area contributed by atoms with E-state index >= 15 is 0 Å². The number of methoxy groups -OCH3 is 2. The van der Waals surface area contributed by atoms with E-state index in [9.17, 15) is 5.11 Å². The van der Waals surface area contributed by atoms with E-state index in [1.54, 1.807) is 26.4 Å². The second-order valence-electron chi connectivity index (χ2n) is 4.89. The second-order valence-corrected chi connectivity index (χ2v) is 4.89. The standard InChI is InChI=1S/C16H22O5/c1-11-12(4-5-20-7-6-18-2)10-21-15-9-13(17)8-14(19-3)16(11)15/h8-9,17H,4-7,10H2,1-3H3. The molecule has 0 aromatic heterocycles. The molecule has 0 atom stereocenters. The minimum Gasteiger partial charge on any atom is -0.508 e. The lowest BCUT2D eigenvalue weighted by molar-refractivity contribution is 0.0715. The molecular weight excluding hydrogens is 272 g/mol. The molecular formula is C16H22O5. The number of rotatable bonds is 7. The van der Waals surface area contributed by atoms with Crippen molar-refractivity contribution < 1.29 is 24.1 Å². The van der Waals surface area contributed by atoms with Crippen molar-refractivity contribution in [1.29, 1.82) is 0 Å². The summed E-state index contributed by atoms with van der Waals surface area (Å²) in [5, 5.41) is 9.67. The molecule has 0 saturated heterocycles. The number of hydrogen-bond acceptors (Lipinski definition) is 5. The lowest BCUT2D eigenvalue weighted by Gasteiger charge is -2.24. The third-order valence-corrected chi connectivity index (χ3v) is 3.56. The summed E-state index contributed by atoms with van der Waals surface area (Å²) in [6, 6.07) is 3.22. The highest BCUT2D eigenvalue weighted by Crippen LogP contribution is 2.42. The third-order valence-electron chi connectivity index (χ3n) is 3.56. The molecule has 0 unspecified atom stereocenters. The van der Waals surface area contributed by atoms with Crippen LogP contribution < -0.4 is 9.47 Å². The molecule has 1 aliphatic heterocycles. The second kappa shape index (κ2) is 7.33. The number of phenolic OH excluding ortho intramolecular Hbond substituents is 1. The lowest BCUT2D eigenvalue weighted by Crippen LogP contribution is -2.13. The highest BCUT2D eigenvalue weighted by Gasteiger charge is 2.22. The van der Waals surface area contributed by atoms with Crippen molar-refractivity contribution in [2.45, 2.75) is 13.3 Å². The Morgan fingerprint density at radius 1 is 1.19 bits per heavy atom. The van der Waals surface area contributed by atoms with E-state index in [4.69, 9.17) is 18.9 Å². The van der Waals surface area contributed by atoms with Gasteiger partial charge in [-0.1, -0.05) is 0 Å². The van der Waals surface area contributed by atoms with Gasteiger partial charge in [-0.15, -0.1) is 0 Å². The SMILES string of the molecule is COCCOCCC1=C(C)c2c(OC)cc(O)cc2OC1. The summed E-state index contributed by atoms with van der Waals surface area (Å²) in [7, 11) is 3.24. The molecule has 5 heteroatoms. The number of benzene rings is 1. The molecule has 0 radical (unpaired) electrons. The lowest BCUT2D eigenvalue weighted by atomic mass is 9.95. The van der Waals surface area contributed by atoms with E-state index in [0.29, 0.717) is 37.9 Å². The predicted octanol–water partition coefficient (Wildman–Crippen LogP) is 2.62. The summed E-state index contributed by atoms with van der Waals surface area (Å²) < 4.78 is 21.5. The van der Waals surface area contributed by atoms with Gasteiger partial charge in [0.05, 0.1) is 32.5 Å². The Kier molecular flexibility index (Phi) is 5.47. The molecule has 1 heterocycles. The number of hydrogen-bond donors (Lipinski definition) is 1. The van der Waals surface area contributed by atoms with Gasteiger partial charge in [0.15, 0.2) is 0 Å². The van der Waals surface area contributed by atoms with Crippen molar-refractivity contribution in [3.05, 3.63) is 23.3 Å². The van der Waals surface area contributed by atoms with Crippen molar-refractivity contribution in [3.8, 4) is 17.2 Å². The quantitative estimate of drug-likeness (QED) is 0.783.